The predicted molar refractivity (Wildman–Crippen MR) is 93.5 cm³/mol. The van der Waals surface area contributed by atoms with E-state index >= 15 is 0 Å². The van der Waals surface area contributed by atoms with Crippen LogP contribution in [0.25, 0.3) is 0 Å². The van der Waals surface area contributed by atoms with E-state index in [9.17, 15) is 15.2 Å². The normalized spacial score (nSPS) is 11.1. The molecule has 9 heteroatoms. The topological polar surface area (TPSA) is 127 Å². The quantitative estimate of drug-likeness (QED) is 0.397. The second-order valence-electron chi connectivity index (χ2n) is 5.49. The molecule has 0 saturated heterocycles. The van der Waals surface area contributed by atoms with Crippen molar-refractivity contribution in [1.82, 2.24) is 15.0 Å². The highest BCUT2D eigenvalue weighted by atomic mass is 16.6. The van der Waals surface area contributed by atoms with Crippen molar-refractivity contribution in [2.45, 2.75) is 13.2 Å². The Kier molecular flexibility index (Phi) is 4.99. The highest BCUT2D eigenvalue weighted by Gasteiger charge is 2.05. The van der Waals surface area contributed by atoms with Crippen molar-refractivity contribution in [3.8, 4) is 5.75 Å². The van der Waals surface area contributed by atoms with Gasteiger partial charge >= 0.3 is 0 Å². The summed E-state index contributed by atoms with van der Waals surface area (Å²) in [6.45, 7) is 0.244. The number of aliphatic hydroxyl groups excluding tert-OH is 1. The number of aliphatic hydroxyl groups is 1. The maximum Gasteiger partial charge on any atom is 0.269 e. The summed E-state index contributed by atoms with van der Waals surface area (Å²) < 4.78 is 1.58. The van der Waals surface area contributed by atoms with Crippen molar-refractivity contribution in [3.63, 3.8) is 0 Å². The SMILES string of the molecule is O=[N+]([O-])c1ccc(N=Cc2cc(Cn3cc(CO)nn3)ccc2O)cc1. The number of aromatic nitrogens is 3. The Hall–Kier alpha value is -3.59. The van der Waals surface area contributed by atoms with E-state index in [2.05, 4.69) is 15.3 Å². The van der Waals surface area contributed by atoms with Crippen LogP contribution in [0.4, 0.5) is 11.4 Å². The second-order valence-corrected chi connectivity index (χ2v) is 5.49. The number of aromatic hydroxyl groups is 1. The van der Waals surface area contributed by atoms with Gasteiger partial charge in [0, 0.05) is 23.9 Å². The molecule has 0 saturated carbocycles. The first-order valence-electron chi connectivity index (χ1n) is 7.65. The standard InChI is InChI=1S/C17H15N5O4/c23-11-15-10-21(20-19-15)9-12-1-6-17(24)13(7-12)8-18-14-2-4-16(5-3-14)22(25)26/h1-8,10,23-24H,9,11H2. The Morgan fingerprint density at radius 1 is 1.23 bits per heavy atom. The Morgan fingerprint density at radius 3 is 2.65 bits per heavy atom. The molecule has 0 amide bonds. The monoisotopic (exact) mass is 353 g/mol. The zero-order valence-corrected chi connectivity index (χ0v) is 13.6. The van der Waals surface area contributed by atoms with E-state index in [1.54, 1.807) is 29.1 Å². The van der Waals surface area contributed by atoms with Crippen LogP contribution in [0.5, 0.6) is 5.75 Å². The van der Waals surface area contributed by atoms with Crippen LogP contribution < -0.4 is 0 Å². The van der Waals surface area contributed by atoms with E-state index in [1.807, 2.05) is 0 Å². The number of nitrogens with zero attached hydrogens (tertiary/aromatic N) is 5. The fourth-order valence-corrected chi connectivity index (χ4v) is 2.29. The molecule has 0 fully saturated rings. The Bertz CT molecular complexity index is 950. The van der Waals surface area contributed by atoms with E-state index in [0.29, 0.717) is 23.5 Å². The van der Waals surface area contributed by atoms with Gasteiger partial charge in [0.15, 0.2) is 0 Å². The summed E-state index contributed by atoms with van der Waals surface area (Å²) in [6, 6.07) is 10.8. The summed E-state index contributed by atoms with van der Waals surface area (Å²) >= 11 is 0. The van der Waals surface area contributed by atoms with Gasteiger partial charge in [-0.25, -0.2) is 4.68 Å². The number of phenols is 1. The number of nitro benzene ring substituents is 1. The lowest BCUT2D eigenvalue weighted by Crippen LogP contribution is -2.01. The lowest BCUT2D eigenvalue weighted by Gasteiger charge is -2.04. The minimum atomic E-state index is -0.477. The number of aliphatic imine (C=N–C) groups is 1. The molecule has 2 N–H and O–H groups in total. The molecule has 0 spiro atoms. The van der Waals surface area contributed by atoms with Crippen LogP contribution in [0, 0.1) is 10.1 Å². The molecule has 9 nitrogen and oxygen atoms in total. The van der Waals surface area contributed by atoms with Crippen LogP contribution in [-0.4, -0.2) is 36.3 Å². The lowest BCUT2D eigenvalue weighted by atomic mass is 10.1. The molecule has 1 heterocycles. The minimum Gasteiger partial charge on any atom is -0.507 e. The van der Waals surface area contributed by atoms with Crippen molar-refractivity contribution >= 4 is 17.6 Å². The van der Waals surface area contributed by atoms with E-state index < -0.39 is 4.92 Å². The Morgan fingerprint density at radius 2 is 2.00 bits per heavy atom. The number of hydrogen-bond donors (Lipinski definition) is 2. The molecule has 0 aliphatic rings. The summed E-state index contributed by atoms with van der Waals surface area (Å²) in [7, 11) is 0. The van der Waals surface area contributed by atoms with E-state index in [-0.39, 0.29) is 18.0 Å². The Labute approximate surface area is 148 Å². The van der Waals surface area contributed by atoms with Crippen LogP contribution in [0.3, 0.4) is 0 Å². The number of rotatable bonds is 6. The predicted octanol–water partition coefficient (Wildman–Crippen LogP) is 2.18. The molecular formula is C17H15N5O4. The van der Waals surface area contributed by atoms with Gasteiger partial charge in [-0.05, 0) is 29.8 Å². The van der Waals surface area contributed by atoms with Crippen LogP contribution in [-0.2, 0) is 13.2 Å². The molecule has 1 aromatic heterocycles. The van der Waals surface area contributed by atoms with E-state index in [4.69, 9.17) is 5.11 Å². The molecule has 3 aromatic rings. The van der Waals surface area contributed by atoms with Crippen molar-refractivity contribution in [1.29, 1.82) is 0 Å². The summed E-state index contributed by atoms with van der Waals surface area (Å²) in [5, 5.41) is 37.4. The molecular weight excluding hydrogens is 338 g/mol. The fraction of sp³-hybridized carbons (Fsp3) is 0.118. The number of benzene rings is 2. The summed E-state index contributed by atoms with van der Waals surface area (Å²) in [4.78, 5) is 14.4. The molecule has 26 heavy (non-hydrogen) atoms. The summed E-state index contributed by atoms with van der Waals surface area (Å²) in [5.41, 5.74) is 2.36. The molecule has 3 rings (SSSR count). The van der Waals surface area contributed by atoms with Gasteiger partial charge in [-0.3, -0.25) is 15.1 Å². The highest BCUT2D eigenvalue weighted by molar-refractivity contribution is 5.85. The van der Waals surface area contributed by atoms with Gasteiger partial charge in [0.25, 0.3) is 5.69 Å². The highest BCUT2D eigenvalue weighted by Crippen LogP contribution is 2.21. The molecule has 0 aliphatic heterocycles. The maximum absolute atomic E-state index is 10.7. The first-order chi connectivity index (χ1) is 12.5. The largest absolute Gasteiger partial charge is 0.507 e. The molecule has 0 bridgehead atoms. The van der Waals surface area contributed by atoms with Gasteiger partial charge in [-0.1, -0.05) is 11.3 Å². The third-order valence-electron chi connectivity index (χ3n) is 3.60. The zero-order chi connectivity index (χ0) is 18.5. The van der Waals surface area contributed by atoms with Crippen LogP contribution >= 0.6 is 0 Å². The average molecular weight is 353 g/mol. The van der Waals surface area contributed by atoms with E-state index in [0.717, 1.165) is 5.56 Å². The van der Waals surface area contributed by atoms with Gasteiger partial charge in [0.1, 0.15) is 11.4 Å². The van der Waals surface area contributed by atoms with Crippen molar-refractivity contribution in [2.75, 3.05) is 0 Å². The fourth-order valence-electron chi connectivity index (χ4n) is 2.29. The Balaban J connectivity index is 1.77. The minimum absolute atomic E-state index is 0.0103. The first kappa shape index (κ1) is 17.2. The van der Waals surface area contributed by atoms with Gasteiger partial charge in [0.05, 0.1) is 30.0 Å². The molecule has 132 valence electrons. The smallest absolute Gasteiger partial charge is 0.269 e. The number of nitro groups is 1. The molecule has 0 aliphatic carbocycles. The number of non-ortho nitro benzene ring substituents is 1. The van der Waals surface area contributed by atoms with Crippen molar-refractivity contribution in [3.05, 3.63) is 75.6 Å². The molecule has 0 atom stereocenters. The summed E-state index contributed by atoms with van der Waals surface area (Å²) in [5.74, 6) is 0.0639. The third-order valence-corrected chi connectivity index (χ3v) is 3.60. The molecule has 0 radical (unpaired) electrons. The van der Waals surface area contributed by atoms with E-state index in [1.165, 1.54) is 30.5 Å². The van der Waals surface area contributed by atoms with Crippen LogP contribution in [0.2, 0.25) is 0 Å². The van der Waals surface area contributed by atoms with Gasteiger partial charge in [0.2, 0.25) is 0 Å². The maximum atomic E-state index is 10.7. The van der Waals surface area contributed by atoms with Gasteiger partial charge < -0.3 is 10.2 Å². The molecule has 2 aromatic carbocycles. The van der Waals surface area contributed by atoms with Gasteiger partial charge in [-0.15, -0.1) is 5.10 Å². The van der Waals surface area contributed by atoms with Gasteiger partial charge in [-0.2, -0.15) is 0 Å². The number of phenolic OH excluding ortho intramolecular Hbond substituents is 1. The third kappa shape index (κ3) is 4.08. The average Bonchev–Trinajstić information content (AvgIpc) is 3.10. The lowest BCUT2D eigenvalue weighted by molar-refractivity contribution is -0.384. The first-order valence-corrected chi connectivity index (χ1v) is 7.65. The zero-order valence-electron chi connectivity index (χ0n) is 13.6. The molecule has 0 unspecified atom stereocenters. The van der Waals surface area contributed by atoms with Crippen LogP contribution in [0.15, 0.2) is 53.7 Å². The van der Waals surface area contributed by atoms with Crippen LogP contribution in [0.1, 0.15) is 16.8 Å². The van der Waals surface area contributed by atoms with Crippen molar-refractivity contribution < 1.29 is 15.1 Å². The summed E-state index contributed by atoms with van der Waals surface area (Å²) in [6.07, 6.45) is 3.12. The van der Waals surface area contributed by atoms with Crippen molar-refractivity contribution in [2.24, 2.45) is 4.99 Å². The second kappa shape index (κ2) is 7.53. The number of hydrogen-bond acceptors (Lipinski definition) is 7.